The first-order valence-corrected chi connectivity index (χ1v) is 4.26. The number of nitro groups is 1. The largest absolute Gasteiger partial charge is 0.393 e. The van der Waals surface area contributed by atoms with Gasteiger partial charge in [-0.2, -0.15) is 0 Å². The van der Waals surface area contributed by atoms with Crippen LogP contribution in [0.5, 0.6) is 0 Å². The van der Waals surface area contributed by atoms with Gasteiger partial charge in [-0.25, -0.2) is 0 Å². The SMILES string of the molecule is Cc1cc(N)c([N+](=O)[O-])cc1C(=O)NC=O. The molecule has 3 N–H and O–H groups in total. The summed E-state index contributed by atoms with van der Waals surface area (Å²) in [6.07, 6.45) is 0.212. The molecule has 7 nitrogen and oxygen atoms in total. The fourth-order valence-electron chi connectivity index (χ4n) is 1.25. The number of nitrogens with zero attached hydrogens (tertiary/aromatic N) is 1. The van der Waals surface area contributed by atoms with Crippen molar-refractivity contribution < 1.29 is 14.5 Å². The van der Waals surface area contributed by atoms with E-state index in [-0.39, 0.29) is 23.3 Å². The number of nitrogens with one attached hydrogen (secondary N) is 1. The van der Waals surface area contributed by atoms with E-state index in [2.05, 4.69) is 0 Å². The number of nitrogens with two attached hydrogens (primary N) is 1. The second kappa shape index (κ2) is 4.39. The van der Waals surface area contributed by atoms with Crippen LogP contribution in [0, 0.1) is 17.0 Å². The summed E-state index contributed by atoms with van der Waals surface area (Å²) in [6.45, 7) is 1.57. The molecule has 0 aliphatic rings. The molecular formula is C9H9N3O4. The molecule has 0 radical (unpaired) electrons. The molecule has 0 saturated carbocycles. The average Bonchev–Trinajstić information content (AvgIpc) is 2.17. The van der Waals surface area contributed by atoms with E-state index in [4.69, 9.17) is 5.73 Å². The molecule has 0 fully saturated rings. The quantitative estimate of drug-likeness (QED) is 0.332. The Balaban J connectivity index is 3.29. The fourth-order valence-corrected chi connectivity index (χ4v) is 1.25. The molecule has 1 aromatic rings. The third-order valence-corrected chi connectivity index (χ3v) is 2.01. The summed E-state index contributed by atoms with van der Waals surface area (Å²) in [5, 5.41) is 12.5. The molecule has 0 aromatic heterocycles. The van der Waals surface area contributed by atoms with Gasteiger partial charge in [0.15, 0.2) is 0 Å². The van der Waals surface area contributed by atoms with Gasteiger partial charge >= 0.3 is 0 Å². The Bertz CT molecular complexity index is 470. The normalized spacial score (nSPS) is 9.56. The highest BCUT2D eigenvalue weighted by molar-refractivity contribution is 6.01. The Hall–Kier alpha value is -2.44. The van der Waals surface area contributed by atoms with Crippen LogP contribution in [0.3, 0.4) is 0 Å². The van der Waals surface area contributed by atoms with Crippen molar-refractivity contribution in [3.8, 4) is 0 Å². The number of nitro benzene ring substituents is 1. The molecule has 0 atom stereocenters. The number of anilines is 1. The number of imide groups is 1. The smallest absolute Gasteiger partial charge is 0.292 e. The van der Waals surface area contributed by atoms with E-state index in [1.807, 2.05) is 5.32 Å². The number of benzene rings is 1. The highest BCUT2D eigenvalue weighted by Gasteiger charge is 2.18. The number of nitrogen functional groups attached to an aromatic ring is 1. The van der Waals surface area contributed by atoms with Crippen LogP contribution in [-0.4, -0.2) is 17.2 Å². The predicted molar refractivity (Wildman–Crippen MR) is 55.8 cm³/mol. The van der Waals surface area contributed by atoms with Gasteiger partial charge in [-0.15, -0.1) is 0 Å². The van der Waals surface area contributed by atoms with Crippen molar-refractivity contribution in [2.45, 2.75) is 6.92 Å². The zero-order chi connectivity index (χ0) is 12.3. The van der Waals surface area contributed by atoms with Gasteiger partial charge in [0, 0.05) is 11.6 Å². The Kier molecular flexibility index (Phi) is 3.19. The summed E-state index contributed by atoms with van der Waals surface area (Å²) < 4.78 is 0. The second-order valence-corrected chi connectivity index (χ2v) is 3.07. The molecule has 0 aliphatic heterocycles. The van der Waals surface area contributed by atoms with Crippen LogP contribution in [-0.2, 0) is 4.79 Å². The first-order chi connectivity index (χ1) is 7.47. The van der Waals surface area contributed by atoms with Crippen LogP contribution in [0.1, 0.15) is 15.9 Å². The molecule has 1 aromatic carbocycles. The van der Waals surface area contributed by atoms with Crippen LogP contribution < -0.4 is 11.1 Å². The van der Waals surface area contributed by atoms with Gasteiger partial charge in [-0.1, -0.05) is 0 Å². The Morgan fingerprint density at radius 3 is 2.69 bits per heavy atom. The van der Waals surface area contributed by atoms with Crippen LogP contribution in [0.4, 0.5) is 11.4 Å². The summed E-state index contributed by atoms with van der Waals surface area (Å²) in [7, 11) is 0. The maximum absolute atomic E-state index is 11.3. The molecule has 0 spiro atoms. The molecule has 84 valence electrons. The van der Waals surface area contributed by atoms with Gasteiger partial charge in [0.2, 0.25) is 6.41 Å². The van der Waals surface area contributed by atoms with Gasteiger partial charge in [0.25, 0.3) is 11.6 Å². The van der Waals surface area contributed by atoms with E-state index in [1.165, 1.54) is 6.07 Å². The number of hydrogen-bond acceptors (Lipinski definition) is 5. The Labute approximate surface area is 90.4 Å². The Morgan fingerprint density at radius 1 is 1.56 bits per heavy atom. The third kappa shape index (κ3) is 2.14. The van der Waals surface area contributed by atoms with Crippen molar-refractivity contribution in [1.82, 2.24) is 5.32 Å². The molecule has 7 heteroatoms. The van der Waals surface area contributed by atoms with Crippen molar-refractivity contribution >= 4 is 23.7 Å². The number of aryl methyl sites for hydroxylation is 1. The summed E-state index contributed by atoms with van der Waals surface area (Å²) in [5.74, 6) is -0.699. The van der Waals surface area contributed by atoms with Gasteiger partial charge in [-0.3, -0.25) is 25.0 Å². The predicted octanol–water partition coefficient (Wildman–Crippen LogP) is 0.372. The molecule has 0 bridgehead atoms. The van der Waals surface area contributed by atoms with Crippen molar-refractivity contribution in [3.63, 3.8) is 0 Å². The lowest BCUT2D eigenvalue weighted by atomic mass is 10.1. The number of carbonyl (C=O) groups excluding carboxylic acids is 2. The van der Waals surface area contributed by atoms with Crippen molar-refractivity contribution in [2.24, 2.45) is 0 Å². The van der Waals surface area contributed by atoms with Crippen LogP contribution >= 0.6 is 0 Å². The van der Waals surface area contributed by atoms with Crippen LogP contribution in [0.2, 0.25) is 0 Å². The standard InChI is InChI=1S/C9H9N3O4/c1-5-2-7(10)8(12(15)16)3-6(5)9(14)11-4-13/h2-4H,10H2,1H3,(H,11,13,14). The van der Waals surface area contributed by atoms with Crippen molar-refractivity contribution in [2.75, 3.05) is 5.73 Å². The molecule has 16 heavy (non-hydrogen) atoms. The molecular weight excluding hydrogens is 214 g/mol. The molecule has 0 aliphatic carbocycles. The lowest BCUT2D eigenvalue weighted by Crippen LogP contribution is -2.22. The summed E-state index contributed by atoms with van der Waals surface area (Å²) in [5.41, 5.74) is 5.55. The van der Waals surface area contributed by atoms with Gasteiger partial charge < -0.3 is 5.73 Å². The van der Waals surface area contributed by atoms with E-state index in [9.17, 15) is 19.7 Å². The lowest BCUT2D eigenvalue weighted by molar-refractivity contribution is -0.383. The number of carbonyl (C=O) groups is 2. The zero-order valence-electron chi connectivity index (χ0n) is 8.39. The maximum atomic E-state index is 11.3. The van der Waals surface area contributed by atoms with Gasteiger partial charge in [0.05, 0.1) is 4.92 Å². The fraction of sp³-hybridized carbons (Fsp3) is 0.111. The minimum absolute atomic E-state index is 0.0230. The lowest BCUT2D eigenvalue weighted by Gasteiger charge is -2.05. The number of amides is 2. The Morgan fingerprint density at radius 2 is 2.19 bits per heavy atom. The van der Waals surface area contributed by atoms with Crippen LogP contribution in [0.15, 0.2) is 12.1 Å². The first kappa shape index (κ1) is 11.6. The van der Waals surface area contributed by atoms with Gasteiger partial charge in [-0.05, 0) is 18.6 Å². The van der Waals surface area contributed by atoms with Crippen molar-refractivity contribution in [3.05, 3.63) is 33.4 Å². The van der Waals surface area contributed by atoms with Crippen LogP contribution in [0.25, 0.3) is 0 Å². The van der Waals surface area contributed by atoms with E-state index < -0.39 is 10.8 Å². The minimum atomic E-state index is -0.699. The highest BCUT2D eigenvalue weighted by atomic mass is 16.6. The monoisotopic (exact) mass is 223 g/mol. The van der Waals surface area contributed by atoms with E-state index in [0.717, 1.165) is 6.07 Å². The molecule has 1 rings (SSSR count). The highest BCUT2D eigenvalue weighted by Crippen LogP contribution is 2.25. The number of rotatable bonds is 3. The van der Waals surface area contributed by atoms with E-state index in [0.29, 0.717) is 5.56 Å². The molecule has 0 unspecified atom stereocenters. The first-order valence-electron chi connectivity index (χ1n) is 4.26. The summed E-state index contributed by atoms with van der Waals surface area (Å²) in [6, 6.07) is 2.36. The van der Waals surface area contributed by atoms with Gasteiger partial charge in [0.1, 0.15) is 5.69 Å². The molecule has 0 heterocycles. The second-order valence-electron chi connectivity index (χ2n) is 3.07. The zero-order valence-corrected chi connectivity index (χ0v) is 8.39. The molecule has 2 amide bonds. The average molecular weight is 223 g/mol. The van der Waals surface area contributed by atoms with Crippen molar-refractivity contribution in [1.29, 1.82) is 0 Å². The third-order valence-electron chi connectivity index (χ3n) is 2.01. The summed E-state index contributed by atoms with van der Waals surface area (Å²) in [4.78, 5) is 31.3. The minimum Gasteiger partial charge on any atom is -0.393 e. The van der Waals surface area contributed by atoms with E-state index >= 15 is 0 Å². The summed E-state index contributed by atoms with van der Waals surface area (Å²) >= 11 is 0. The topological polar surface area (TPSA) is 115 Å². The maximum Gasteiger partial charge on any atom is 0.292 e. The molecule has 0 saturated heterocycles. The number of hydrogen-bond donors (Lipinski definition) is 2. The van der Waals surface area contributed by atoms with E-state index in [1.54, 1.807) is 6.92 Å².